The van der Waals surface area contributed by atoms with Crippen molar-refractivity contribution in [1.82, 2.24) is 0 Å². The SMILES string of the molecule is CC1(C)c2ccccc2-c2ccc(N(c3ccc4c(c3)C3(c5ccccc5-c5ccccc53)c3ccc5c(sc6ccccc65)c3-4)c3cccc4c3C3C=CC=CC3C4(C)C)cc21. The Morgan fingerprint density at radius 3 is 1.83 bits per heavy atom. The average Bonchev–Trinajstić information content (AvgIpc) is 4.06. The lowest BCUT2D eigenvalue weighted by molar-refractivity contribution is 0.394. The summed E-state index contributed by atoms with van der Waals surface area (Å²) in [5, 5.41) is 2.68. The van der Waals surface area contributed by atoms with E-state index in [0.29, 0.717) is 5.92 Å². The monoisotopic (exact) mass is 823 g/mol. The molecule has 8 aromatic carbocycles. The lowest BCUT2D eigenvalue weighted by atomic mass is 9.70. The van der Waals surface area contributed by atoms with E-state index in [1.54, 1.807) is 0 Å². The molecular weight excluding hydrogens is 779 g/mol. The summed E-state index contributed by atoms with van der Waals surface area (Å²) < 4.78 is 2.72. The van der Waals surface area contributed by atoms with Gasteiger partial charge in [-0.15, -0.1) is 11.3 Å². The molecule has 2 heteroatoms. The molecule has 5 aliphatic carbocycles. The van der Waals surface area contributed by atoms with E-state index in [-0.39, 0.29) is 16.7 Å². The van der Waals surface area contributed by atoms with Gasteiger partial charge < -0.3 is 4.90 Å². The summed E-state index contributed by atoms with van der Waals surface area (Å²) >= 11 is 1.95. The van der Waals surface area contributed by atoms with Gasteiger partial charge in [0.2, 0.25) is 0 Å². The van der Waals surface area contributed by atoms with Crippen molar-refractivity contribution in [2.24, 2.45) is 5.92 Å². The van der Waals surface area contributed by atoms with Crippen LogP contribution in [0, 0.1) is 5.92 Å². The van der Waals surface area contributed by atoms with Crippen LogP contribution >= 0.6 is 11.3 Å². The average molecular weight is 824 g/mol. The van der Waals surface area contributed by atoms with Crippen LogP contribution in [0.15, 0.2) is 188 Å². The van der Waals surface area contributed by atoms with E-state index in [2.05, 4.69) is 221 Å². The van der Waals surface area contributed by atoms with Gasteiger partial charge in [0.25, 0.3) is 0 Å². The number of rotatable bonds is 3. The number of benzene rings is 8. The maximum atomic E-state index is 2.63. The second-order valence-electron chi connectivity index (χ2n) is 19.6. The van der Waals surface area contributed by atoms with E-state index in [0.717, 1.165) is 0 Å². The van der Waals surface area contributed by atoms with Gasteiger partial charge in [0.15, 0.2) is 0 Å². The molecule has 1 aromatic heterocycles. The van der Waals surface area contributed by atoms with E-state index in [1.807, 2.05) is 11.3 Å². The largest absolute Gasteiger partial charge is 0.310 e. The molecule has 1 nitrogen and oxygen atoms in total. The first kappa shape index (κ1) is 35.8. The number of hydrogen-bond acceptors (Lipinski definition) is 2. The third kappa shape index (κ3) is 4.38. The van der Waals surface area contributed by atoms with Crippen molar-refractivity contribution in [3.63, 3.8) is 0 Å². The highest BCUT2D eigenvalue weighted by atomic mass is 32.1. The molecule has 300 valence electrons. The van der Waals surface area contributed by atoms with Crippen LogP contribution in [-0.2, 0) is 16.2 Å². The second-order valence-corrected chi connectivity index (χ2v) is 20.6. The second kappa shape index (κ2) is 12.2. The van der Waals surface area contributed by atoms with E-state index in [4.69, 9.17) is 0 Å². The summed E-state index contributed by atoms with van der Waals surface area (Å²) in [6.45, 7) is 9.70. The number of allylic oxidation sites excluding steroid dienone is 4. The fourth-order valence-corrected chi connectivity index (χ4v) is 14.5. The number of thiophene rings is 1. The summed E-state index contributed by atoms with van der Waals surface area (Å²) in [4.78, 5) is 2.63. The van der Waals surface area contributed by atoms with Crippen molar-refractivity contribution in [2.75, 3.05) is 4.90 Å². The van der Waals surface area contributed by atoms with E-state index >= 15 is 0 Å². The lowest BCUT2D eigenvalue weighted by Gasteiger charge is -2.33. The molecule has 0 saturated heterocycles. The van der Waals surface area contributed by atoms with E-state index < -0.39 is 5.41 Å². The maximum absolute atomic E-state index is 2.63. The van der Waals surface area contributed by atoms with Gasteiger partial charge in [-0.2, -0.15) is 0 Å². The van der Waals surface area contributed by atoms with Gasteiger partial charge in [0, 0.05) is 48.4 Å². The zero-order valence-corrected chi connectivity index (χ0v) is 36.7. The Bertz CT molecular complexity index is 3510. The van der Waals surface area contributed by atoms with Crippen molar-refractivity contribution in [3.05, 3.63) is 233 Å². The minimum atomic E-state index is -0.478. The van der Waals surface area contributed by atoms with Gasteiger partial charge in [-0.25, -0.2) is 0 Å². The molecule has 2 atom stereocenters. The Labute approximate surface area is 373 Å². The van der Waals surface area contributed by atoms with Gasteiger partial charge in [0.1, 0.15) is 0 Å². The number of nitrogens with zero attached hydrogens (tertiary/aromatic N) is 1. The molecule has 14 rings (SSSR count). The van der Waals surface area contributed by atoms with Gasteiger partial charge in [-0.05, 0) is 120 Å². The Morgan fingerprint density at radius 2 is 1.06 bits per heavy atom. The summed E-state index contributed by atoms with van der Waals surface area (Å²) in [6, 6.07) is 63.2. The van der Waals surface area contributed by atoms with Crippen LogP contribution in [0.3, 0.4) is 0 Å². The molecule has 0 N–H and O–H groups in total. The van der Waals surface area contributed by atoms with Crippen LogP contribution in [0.2, 0.25) is 0 Å². The van der Waals surface area contributed by atoms with Crippen LogP contribution in [0.25, 0.3) is 53.6 Å². The zero-order valence-electron chi connectivity index (χ0n) is 35.9. The molecule has 0 fully saturated rings. The molecule has 0 aliphatic heterocycles. The molecule has 0 radical (unpaired) electrons. The standard InChI is InChI=1S/C61H45NS/c1-59(2)47-22-11-8-20-44(47)56-50(59)25-15-26-54(56)62(36-28-30-41-38-16-5-10-21-46(38)60(3,4)52(41)34-36)37-29-31-45-53(35-37)61(48-23-12-6-17-39(48)40-18-7-13-24-49(40)61)51-33-32-43-42-19-9-14-27-55(42)63-58(43)57(45)51/h5-35,44,47H,1-4H3. The topological polar surface area (TPSA) is 3.24 Å². The zero-order chi connectivity index (χ0) is 42.0. The Balaban J connectivity index is 1.08. The van der Waals surface area contributed by atoms with Crippen molar-refractivity contribution in [2.45, 2.75) is 49.9 Å². The van der Waals surface area contributed by atoms with Crippen LogP contribution in [-0.4, -0.2) is 0 Å². The molecule has 0 amide bonds. The third-order valence-electron chi connectivity index (χ3n) is 16.0. The van der Waals surface area contributed by atoms with Gasteiger partial charge >= 0.3 is 0 Å². The maximum Gasteiger partial charge on any atom is 0.0726 e. The fourth-order valence-electron chi connectivity index (χ4n) is 13.2. The predicted molar refractivity (Wildman–Crippen MR) is 265 cm³/mol. The van der Waals surface area contributed by atoms with Crippen molar-refractivity contribution in [3.8, 4) is 33.4 Å². The van der Waals surface area contributed by atoms with Crippen LogP contribution in [0.4, 0.5) is 17.1 Å². The summed E-state index contributed by atoms with van der Waals surface area (Å²) in [5.74, 6) is 0.677. The van der Waals surface area contributed by atoms with Gasteiger partial charge in [-0.1, -0.05) is 179 Å². The fraction of sp³-hybridized carbons (Fsp3) is 0.148. The Hall–Kier alpha value is -6.74. The summed E-state index contributed by atoms with van der Waals surface area (Å²) in [6.07, 6.45) is 9.44. The van der Waals surface area contributed by atoms with Crippen LogP contribution in [0.1, 0.15) is 78.1 Å². The van der Waals surface area contributed by atoms with Crippen molar-refractivity contribution < 1.29 is 0 Å². The highest BCUT2D eigenvalue weighted by molar-refractivity contribution is 7.26. The molecule has 63 heavy (non-hydrogen) atoms. The molecule has 2 unspecified atom stereocenters. The minimum absolute atomic E-state index is 0.0129. The molecule has 1 heterocycles. The smallest absolute Gasteiger partial charge is 0.0726 e. The molecule has 0 bridgehead atoms. The highest BCUT2D eigenvalue weighted by Gasteiger charge is 2.53. The van der Waals surface area contributed by atoms with E-state index in [9.17, 15) is 0 Å². The number of hydrogen-bond donors (Lipinski definition) is 0. The quantitative estimate of drug-likeness (QED) is 0.172. The molecular formula is C61H45NS. The first-order chi connectivity index (χ1) is 30.8. The van der Waals surface area contributed by atoms with Gasteiger partial charge in [0.05, 0.1) is 11.1 Å². The van der Waals surface area contributed by atoms with Crippen LogP contribution in [0.5, 0.6) is 0 Å². The van der Waals surface area contributed by atoms with Crippen molar-refractivity contribution >= 4 is 48.6 Å². The normalized spacial score (nSPS) is 19.0. The molecule has 1 spiro atoms. The number of fused-ring (bicyclic) bond motifs is 20. The first-order valence-electron chi connectivity index (χ1n) is 22.6. The highest BCUT2D eigenvalue weighted by Crippen LogP contribution is 2.66. The lowest BCUT2D eigenvalue weighted by Crippen LogP contribution is -2.26. The molecule has 5 aliphatic rings. The summed E-state index contributed by atoms with van der Waals surface area (Å²) in [5.41, 5.74) is 22.3. The Kier molecular flexibility index (Phi) is 6.96. The Morgan fingerprint density at radius 1 is 0.460 bits per heavy atom. The third-order valence-corrected chi connectivity index (χ3v) is 17.2. The predicted octanol–water partition coefficient (Wildman–Crippen LogP) is 16.3. The first-order valence-corrected chi connectivity index (χ1v) is 23.4. The van der Waals surface area contributed by atoms with Crippen molar-refractivity contribution in [1.29, 1.82) is 0 Å². The molecule has 0 saturated carbocycles. The minimum Gasteiger partial charge on any atom is -0.310 e. The van der Waals surface area contributed by atoms with Crippen LogP contribution < -0.4 is 4.90 Å². The van der Waals surface area contributed by atoms with E-state index in [1.165, 1.54) is 115 Å². The summed E-state index contributed by atoms with van der Waals surface area (Å²) in [7, 11) is 0. The number of anilines is 3. The van der Waals surface area contributed by atoms with Gasteiger partial charge in [-0.3, -0.25) is 0 Å². The molecule has 9 aromatic rings.